The first-order valence-corrected chi connectivity index (χ1v) is 8.64. The molecule has 5 nitrogen and oxygen atoms in total. The fourth-order valence-corrected chi connectivity index (χ4v) is 4.17. The highest BCUT2D eigenvalue weighted by Crippen LogP contribution is 2.35. The van der Waals surface area contributed by atoms with Gasteiger partial charge in [0.15, 0.2) is 0 Å². The van der Waals surface area contributed by atoms with Crippen LogP contribution in [0.5, 0.6) is 0 Å². The molecule has 0 spiro atoms. The Labute approximate surface area is 132 Å². The van der Waals surface area contributed by atoms with Gasteiger partial charge in [0.1, 0.15) is 5.69 Å². The third-order valence-electron chi connectivity index (χ3n) is 5.52. The first kappa shape index (κ1) is 14.2. The molecule has 2 atom stereocenters. The first-order valence-electron chi connectivity index (χ1n) is 8.64. The standard InChI is InChI=1S/C17H26N4O/c1-12-7-16(19(2)18-12)17(22)21-10-14-5-6-15(11-21)20(9-14)8-13-3-4-13/h7,13-15H,3-6,8-11H2,1-2H3/t14-,15-/m1/s1. The Morgan fingerprint density at radius 2 is 2.05 bits per heavy atom. The minimum absolute atomic E-state index is 0.160. The van der Waals surface area contributed by atoms with Gasteiger partial charge < -0.3 is 4.90 Å². The number of nitrogens with zero attached hydrogens (tertiary/aromatic N) is 4. The Balaban J connectivity index is 1.51. The number of aryl methyl sites for hydroxylation is 2. The van der Waals surface area contributed by atoms with Crippen molar-refractivity contribution in [2.45, 2.75) is 38.6 Å². The van der Waals surface area contributed by atoms with Gasteiger partial charge in [0.25, 0.3) is 5.91 Å². The largest absolute Gasteiger partial charge is 0.335 e. The Kier molecular flexibility index (Phi) is 3.48. The van der Waals surface area contributed by atoms with E-state index < -0.39 is 0 Å². The molecule has 5 heteroatoms. The van der Waals surface area contributed by atoms with Crippen molar-refractivity contribution in [2.24, 2.45) is 18.9 Å². The Hall–Kier alpha value is -1.36. The van der Waals surface area contributed by atoms with Gasteiger partial charge in [0.05, 0.1) is 5.69 Å². The van der Waals surface area contributed by atoms with E-state index in [1.54, 1.807) is 4.68 Å². The molecule has 3 aliphatic heterocycles. The highest BCUT2D eigenvalue weighted by molar-refractivity contribution is 5.92. The molecule has 0 unspecified atom stereocenters. The number of amides is 1. The topological polar surface area (TPSA) is 41.4 Å². The molecule has 3 saturated heterocycles. The highest BCUT2D eigenvalue weighted by Gasteiger charge is 2.39. The number of aromatic nitrogens is 2. The fraction of sp³-hybridized carbons (Fsp3) is 0.765. The van der Waals surface area contributed by atoms with Crippen molar-refractivity contribution in [3.63, 3.8) is 0 Å². The quantitative estimate of drug-likeness (QED) is 0.853. The molecule has 1 saturated carbocycles. The number of piperidine rings is 1. The monoisotopic (exact) mass is 302 g/mol. The average molecular weight is 302 g/mol. The van der Waals surface area contributed by atoms with Crippen molar-refractivity contribution < 1.29 is 4.79 Å². The summed E-state index contributed by atoms with van der Waals surface area (Å²) in [5.41, 5.74) is 1.64. The van der Waals surface area contributed by atoms with Crippen molar-refractivity contribution >= 4 is 5.91 Å². The zero-order valence-corrected chi connectivity index (χ0v) is 13.7. The van der Waals surface area contributed by atoms with Crippen molar-refractivity contribution in [2.75, 3.05) is 26.2 Å². The summed E-state index contributed by atoms with van der Waals surface area (Å²) in [6.07, 6.45) is 5.35. The molecule has 2 bridgehead atoms. The van der Waals surface area contributed by atoms with Crippen LogP contribution in [0.4, 0.5) is 0 Å². The third kappa shape index (κ3) is 2.67. The molecule has 120 valence electrons. The van der Waals surface area contributed by atoms with E-state index in [0.29, 0.717) is 12.0 Å². The second-order valence-electron chi connectivity index (χ2n) is 7.50. The molecule has 0 radical (unpaired) electrons. The van der Waals surface area contributed by atoms with Gasteiger partial charge in [0, 0.05) is 39.3 Å². The van der Waals surface area contributed by atoms with Crippen LogP contribution in [0.1, 0.15) is 41.9 Å². The maximum absolute atomic E-state index is 12.9. The van der Waals surface area contributed by atoms with Crippen molar-refractivity contribution in [3.8, 4) is 0 Å². The molecule has 4 heterocycles. The molecule has 4 aliphatic rings. The Bertz CT molecular complexity index is 577. The molecule has 1 aliphatic carbocycles. The van der Waals surface area contributed by atoms with E-state index >= 15 is 0 Å². The van der Waals surface area contributed by atoms with Crippen molar-refractivity contribution in [3.05, 3.63) is 17.5 Å². The first-order chi connectivity index (χ1) is 10.6. The van der Waals surface area contributed by atoms with Gasteiger partial charge in [-0.05, 0) is 50.5 Å². The van der Waals surface area contributed by atoms with Gasteiger partial charge in [-0.15, -0.1) is 0 Å². The summed E-state index contributed by atoms with van der Waals surface area (Å²) >= 11 is 0. The lowest BCUT2D eigenvalue weighted by molar-refractivity contribution is 0.0726. The summed E-state index contributed by atoms with van der Waals surface area (Å²) in [5, 5.41) is 4.33. The molecule has 0 aromatic carbocycles. The van der Waals surface area contributed by atoms with E-state index in [1.165, 1.54) is 38.8 Å². The zero-order chi connectivity index (χ0) is 15.3. The molecule has 5 rings (SSSR count). The minimum Gasteiger partial charge on any atom is -0.335 e. The predicted octanol–water partition coefficient (Wildman–Crippen LogP) is 1.67. The van der Waals surface area contributed by atoms with E-state index in [9.17, 15) is 4.79 Å². The Morgan fingerprint density at radius 3 is 2.73 bits per heavy atom. The summed E-state index contributed by atoms with van der Waals surface area (Å²) in [7, 11) is 1.87. The van der Waals surface area contributed by atoms with Crippen LogP contribution in [0.25, 0.3) is 0 Å². The fourth-order valence-electron chi connectivity index (χ4n) is 4.17. The molecule has 1 amide bonds. The number of hydrogen-bond acceptors (Lipinski definition) is 3. The van der Waals surface area contributed by atoms with Crippen molar-refractivity contribution in [1.82, 2.24) is 19.6 Å². The normalized spacial score (nSPS) is 28.9. The molecular weight excluding hydrogens is 276 g/mol. The van der Waals surface area contributed by atoms with Crippen LogP contribution in [0.15, 0.2) is 6.07 Å². The lowest BCUT2D eigenvalue weighted by atomic mass is 9.95. The zero-order valence-electron chi connectivity index (χ0n) is 13.7. The van der Waals surface area contributed by atoms with Gasteiger partial charge >= 0.3 is 0 Å². The minimum atomic E-state index is 0.160. The number of hydrogen-bond donors (Lipinski definition) is 0. The SMILES string of the molecule is Cc1cc(C(=O)N2C[C@@H]3CC[C@H](C2)N(CC2CC2)C3)n(C)n1. The van der Waals surface area contributed by atoms with E-state index in [4.69, 9.17) is 0 Å². The van der Waals surface area contributed by atoms with Gasteiger partial charge in [0.2, 0.25) is 0 Å². The average Bonchev–Trinajstić information content (AvgIpc) is 3.27. The van der Waals surface area contributed by atoms with Crippen molar-refractivity contribution in [1.29, 1.82) is 0 Å². The lowest BCUT2D eigenvalue weighted by Crippen LogP contribution is -2.45. The van der Waals surface area contributed by atoms with Crippen LogP contribution >= 0.6 is 0 Å². The maximum Gasteiger partial charge on any atom is 0.272 e. The number of rotatable bonds is 3. The van der Waals surface area contributed by atoms with E-state index in [2.05, 4.69) is 14.9 Å². The van der Waals surface area contributed by atoms with E-state index in [1.807, 2.05) is 20.0 Å². The van der Waals surface area contributed by atoms with E-state index in [-0.39, 0.29) is 5.91 Å². The molecule has 22 heavy (non-hydrogen) atoms. The lowest BCUT2D eigenvalue weighted by Gasteiger charge is -2.36. The molecule has 1 aromatic heterocycles. The Morgan fingerprint density at radius 1 is 1.23 bits per heavy atom. The molecule has 0 N–H and O–H groups in total. The van der Waals surface area contributed by atoms with Gasteiger partial charge in [-0.1, -0.05) is 0 Å². The summed E-state index contributed by atoms with van der Waals surface area (Å²) < 4.78 is 1.73. The number of carbonyl (C=O) groups excluding carboxylic acids is 1. The summed E-state index contributed by atoms with van der Waals surface area (Å²) in [6.45, 7) is 6.21. The van der Waals surface area contributed by atoms with Crippen LogP contribution in [0.2, 0.25) is 0 Å². The molecular formula is C17H26N4O. The molecule has 1 aromatic rings. The second kappa shape index (κ2) is 5.37. The predicted molar refractivity (Wildman–Crippen MR) is 84.7 cm³/mol. The highest BCUT2D eigenvalue weighted by atomic mass is 16.2. The maximum atomic E-state index is 12.9. The van der Waals surface area contributed by atoms with Crippen LogP contribution in [0, 0.1) is 18.8 Å². The van der Waals surface area contributed by atoms with Crippen LogP contribution in [-0.4, -0.2) is 57.7 Å². The van der Waals surface area contributed by atoms with Crippen LogP contribution in [0.3, 0.4) is 0 Å². The smallest absolute Gasteiger partial charge is 0.272 e. The summed E-state index contributed by atoms with van der Waals surface area (Å²) in [4.78, 5) is 17.7. The van der Waals surface area contributed by atoms with Crippen LogP contribution < -0.4 is 0 Å². The van der Waals surface area contributed by atoms with Gasteiger partial charge in [-0.25, -0.2) is 0 Å². The molecule has 4 fully saturated rings. The summed E-state index contributed by atoms with van der Waals surface area (Å²) in [5.74, 6) is 1.74. The summed E-state index contributed by atoms with van der Waals surface area (Å²) in [6, 6.07) is 2.48. The number of fused-ring (bicyclic) bond motifs is 4. The second-order valence-corrected chi connectivity index (χ2v) is 7.50. The van der Waals surface area contributed by atoms with Gasteiger partial charge in [-0.2, -0.15) is 5.10 Å². The van der Waals surface area contributed by atoms with Gasteiger partial charge in [-0.3, -0.25) is 14.4 Å². The van der Waals surface area contributed by atoms with E-state index in [0.717, 1.165) is 30.4 Å². The third-order valence-corrected chi connectivity index (χ3v) is 5.52. The van der Waals surface area contributed by atoms with Crippen LogP contribution in [-0.2, 0) is 7.05 Å². The number of carbonyl (C=O) groups is 1.